The number of alkyl halides is 3. The lowest BCUT2D eigenvalue weighted by Crippen LogP contribution is -2.13. The minimum atomic E-state index is -4.56. The van der Waals surface area contributed by atoms with Crippen LogP contribution in [0.25, 0.3) is 0 Å². The van der Waals surface area contributed by atoms with Crippen LogP contribution in [0.15, 0.2) is 42.5 Å². The minimum Gasteiger partial charge on any atom is -0.508 e. The zero-order chi connectivity index (χ0) is 15.6. The van der Waals surface area contributed by atoms with E-state index in [0.717, 1.165) is 12.1 Å². The summed E-state index contributed by atoms with van der Waals surface area (Å²) in [4.78, 5) is 11.9. The van der Waals surface area contributed by atoms with Gasteiger partial charge in [-0.2, -0.15) is 13.2 Å². The zero-order valence-electron chi connectivity index (χ0n) is 10.4. The van der Waals surface area contributed by atoms with Gasteiger partial charge in [-0.15, -0.1) is 0 Å². The van der Waals surface area contributed by atoms with Crippen molar-refractivity contribution in [1.29, 1.82) is 0 Å². The first-order chi connectivity index (χ1) is 9.75. The maximum Gasteiger partial charge on any atom is 0.416 e. The Morgan fingerprint density at radius 3 is 2.48 bits per heavy atom. The molecule has 21 heavy (non-hydrogen) atoms. The molecular formula is C14H9ClF3NO2. The largest absolute Gasteiger partial charge is 0.508 e. The summed E-state index contributed by atoms with van der Waals surface area (Å²) in [5, 5.41) is 11.4. The molecule has 0 radical (unpaired) electrons. The summed E-state index contributed by atoms with van der Waals surface area (Å²) in [5.41, 5.74) is -0.923. The Morgan fingerprint density at radius 2 is 1.86 bits per heavy atom. The normalized spacial score (nSPS) is 11.2. The predicted molar refractivity (Wildman–Crippen MR) is 72.5 cm³/mol. The summed E-state index contributed by atoms with van der Waals surface area (Å²) in [5.74, 6) is -0.772. The molecule has 7 heteroatoms. The van der Waals surface area contributed by atoms with Crippen molar-refractivity contribution in [2.75, 3.05) is 5.32 Å². The van der Waals surface area contributed by atoms with E-state index in [2.05, 4.69) is 5.32 Å². The number of hydrogen-bond donors (Lipinski definition) is 2. The quantitative estimate of drug-likeness (QED) is 0.867. The first kappa shape index (κ1) is 15.2. The van der Waals surface area contributed by atoms with Gasteiger partial charge in [-0.1, -0.05) is 17.7 Å². The summed E-state index contributed by atoms with van der Waals surface area (Å²) < 4.78 is 38.0. The number of halogens is 4. The van der Waals surface area contributed by atoms with Crippen molar-refractivity contribution in [2.45, 2.75) is 6.18 Å². The van der Waals surface area contributed by atoms with Crippen LogP contribution in [-0.4, -0.2) is 11.0 Å². The lowest BCUT2D eigenvalue weighted by atomic mass is 10.1. The fourth-order valence-electron chi connectivity index (χ4n) is 1.68. The molecule has 0 bridgehead atoms. The van der Waals surface area contributed by atoms with Crippen molar-refractivity contribution in [3.8, 4) is 5.75 Å². The van der Waals surface area contributed by atoms with Crippen LogP contribution >= 0.6 is 11.6 Å². The number of benzene rings is 2. The van der Waals surface area contributed by atoms with Gasteiger partial charge in [0.25, 0.3) is 5.91 Å². The predicted octanol–water partition coefficient (Wildman–Crippen LogP) is 4.32. The second kappa shape index (κ2) is 5.65. The van der Waals surface area contributed by atoms with Crippen molar-refractivity contribution in [1.82, 2.24) is 0 Å². The molecule has 2 aromatic rings. The molecule has 0 aliphatic carbocycles. The molecule has 0 heterocycles. The molecule has 0 saturated carbocycles. The smallest absolute Gasteiger partial charge is 0.416 e. The Labute approximate surface area is 123 Å². The molecule has 0 unspecified atom stereocenters. The van der Waals surface area contributed by atoms with Crippen LogP contribution in [0, 0.1) is 0 Å². The molecule has 0 aromatic heterocycles. The number of hydrogen-bond acceptors (Lipinski definition) is 2. The second-order valence-electron chi connectivity index (χ2n) is 4.23. The van der Waals surface area contributed by atoms with Crippen LogP contribution in [0.2, 0.25) is 5.02 Å². The van der Waals surface area contributed by atoms with Crippen molar-refractivity contribution in [3.05, 3.63) is 58.6 Å². The van der Waals surface area contributed by atoms with Gasteiger partial charge in [-0.3, -0.25) is 4.79 Å². The number of carbonyl (C=O) groups is 1. The Morgan fingerprint density at radius 1 is 1.14 bits per heavy atom. The lowest BCUT2D eigenvalue weighted by molar-refractivity contribution is -0.137. The van der Waals surface area contributed by atoms with Gasteiger partial charge in [-0.05, 0) is 36.4 Å². The van der Waals surface area contributed by atoms with E-state index in [0.29, 0.717) is 0 Å². The van der Waals surface area contributed by atoms with E-state index < -0.39 is 17.6 Å². The summed E-state index contributed by atoms with van der Waals surface area (Å²) in [6, 6.07) is 8.20. The van der Waals surface area contributed by atoms with Crippen LogP contribution in [0.3, 0.4) is 0 Å². The highest BCUT2D eigenvalue weighted by molar-refractivity contribution is 6.31. The number of phenols is 1. The second-order valence-corrected chi connectivity index (χ2v) is 4.67. The van der Waals surface area contributed by atoms with Gasteiger partial charge < -0.3 is 10.4 Å². The highest BCUT2D eigenvalue weighted by Gasteiger charge is 2.31. The average Bonchev–Trinajstić information content (AvgIpc) is 2.37. The minimum absolute atomic E-state index is 0.0804. The molecule has 0 atom stereocenters. The number of nitrogens with one attached hydrogen (secondary N) is 1. The van der Waals surface area contributed by atoms with Gasteiger partial charge in [-0.25, -0.2) is 0 Å². The van der Waals surface area contributed by atoms with E-state index in [1.807, 2.05) is 0 Å². The van der Waals surface area contributed by atoms with Crippen LogP contribution in [0.5, 0.6) is 5.75 Å². The van der Waals surface area contributed by atoms with Crippen molar-refractivity contribution in [2.24, 2.45) is 0 Å². The molecule has 1 amide bonds. The molecule has 0 spiro atoms. The van der Waals surface area contributed by atoms with Crippen molar-refractivity contribution < 1.29 is 23.1 Å². The Balaban J connectivity index is 2.27. The Hall–Kier alpha value is -2.21. The average molecular weight is 316 g/mol. The maximum atomic E-state index is 12.7. The first-order valence-electron chi connectivity index (χ1n) is 5.74. The third kappa shape index (κ3) is 3.88. The highest BCUT2D eigenvalue weighted by Crippen LogP contribution is 2.33. The molecule has 0 saturated heterocycles. The molecule has 2 N–H and O–H groups in total. The summed E-state index contributed by atoms with van der Waals surface area (Å²) >= 11 is 5.62. The topological polar surface area (TPSA) is 49.3 Å². The maximum absolute atomic E-state index is 12.7. The van der Waals surface area contributed by atoms with E-state index in [1.165, 1.54) is 30.3 Å². The number of amides is 1. The fraction of sp³-hybridized carbons (Fsp3) is 0.0714. The first-order valence-corrected chi connectivity index (χ1v) is 6.12. The molecule has 2 aromatic carbocycles. The summed E-state index contributed by atoms with van der Waals surface area (Å²) in [7, 11) is 0. The standard InChI is InChI=1S/C14H9ClF3NO2/c15-10-5-9(14(16,17)18)6-11(7-10)19-13(21)8-2-1-3-12(20)4-8/h1-7,20H,(H,19,21). The van der Waals surface area contributed by atoms with Crippen LogP contribution < -0.4 is 5.32 Å². The van der Waals surface area contributed by atoms with E-state index in [9.17, 15) is 23.1 Å². The van der Waals surface area contributed by atoms with E-state index in [1.54, 1.807) is 0 Å². The third-order valence-corrected chi connectivity index (χ3v) is 2.81. The fourth-order valence-corrected chi connectivity index (χ4v) is 1.91. The molecule has 0 fully saturated rings. The Kier molecular flexibility index (Phi) is 4.09. The lowest BCUT2D eigenvalue weighted by Gasteiger charge is -2.11. The number of carbonyl (C=O) groups excluding carboxylic acids is 1. The molecule has 3 nitrogen and oxygen atoms in total. The van der Waals surface area contributed by atoms with Gasteiger partial charge in [0, 0.05) is 16.3 Å². The van der Waals surface area contributed by atoms with E-state index in [4.69, 9.17) is 11.6 Å². The molecule has 0 aliphatic rings. The van der Waals surface area contributed by atoms with Gasteiger partial charge in [0.05, 0.1) is 5.56 Å². The third-order valence-electron chi connectivity index (χ3n) is 2.59. The van der Waals surface area contributed by atoms with Crippen LogP contribution in [-0.2, 0) is 6.18 Å². The number of anilines is 1. The Bertz CT molecular complexity index is 686. The summed E-state index contributed by atoms with van der Waals surface area (Å²) in [6.07, 6.45) is -4.56. The molecule has 2 rings (SSSR count). The molecule has 110 valence electrons. The van der Waals surface area contributed by atoms with Crippen LogP contribution in [0.1, 0.15) is 15.9 Å². The van der Waals surface area contributed by atoms with Gasteiger partial charge in [0.15, 0.2) is 0 Å². The van der Waals surface area contributed by atoms with Gasteiger partial charge in [0.2, 0.25) is 0 Å². The van der Waals surface area contributed by atoms with Crippen molar-refractivity contribution in [3.63, 3.8) is 0 Å². The zero-order valence-corrected chi connectivity index (χ0v) is 11.2. The number of phenolic OH excluding ortho intramolecular Hbond substituents is 1. The SMILES string of the molecule is O=C(Nc1cc(Cl)cc(C(F)(F)F)c1)c1cccc(O)c1. The monoisotopic (exact) mass is 315 g/mol. The summed E-state index contributed by atoms with van der Waals surface area (Å²) in [6.45, 7) is 0. The highest BCUT2D eigenvalue weighted by atomic mass is 35.5. The van der Waals surface area contributed by atoms with Crippen LogP contribution in [0.4, 0.5) is 18.9 Å². The van der Waals surface area contributed by atoms with Gasteiger partial charge >= 0.3 is 6.18 Å². The van der Waals surface area contributed by atoms with Crippen molar-refractivity contribution >= 4 is 23.2 Å². The molecule has 0 aliphatic heterocycles. The number of aromatic hydroxyl groups is 1. The van der Waals surface area contributed by atoms with Gasteiger partial charge in [0.1, 0.15) is 5.75 Å². The molecular weight excluding hydrogens is 307 g/mol. The van der Waals surface area contributed by atoms with E-state index in [-0.39, 0.29) is 22.0 Å². The number of rotatable bonds is 2. The van der Waals surface area contributed by atoms with E-state index >= 15 is 0 Å².